The van der Waals surface area contributed by atoms with Crippen molar-refractivity contribution in [2.75, 3.05) is 20.2 Å². The lowest BCUT2D eigenvalue weighted by Crippen LogP contribution is -2.51. The van der Waals surface area contributed by atoms with Gasteiger partial charge in [0.1, 0.15) is 23.4 Å². The van der Waals surface area contributed by atoms with Crippen molar-refractivity contribution in [2.45, 2.75) is 96.6 Å². The number of amides is 3. The van der Waals surface area contributed by atoms with E-state index in [9.17, 15) is 14.4 Å². The molecule has 3 aromatic heterocycles. The average molecular weight is 806 g/mol. The molecule has 0 spiro atoms. The van der Waals surface area contributed by atoms with Gasteiger partial charge in [-0.2, -0.15) is 0 Å². The summed E-state index contributed by atoms with van der Waals surface area (Å²) in [6.45, 7) is 8.92. The Morgan fingerprint density at radius 2 is 1.47 bits per heavy atom. The Hall–Kier alpha value is -5.70. The van der Waals surface area contributed by atoms with Crippen LogP contribution in [0, 0.1) is 23.6 Å². The van der Waals surface area contributed by atoms with Gasteiger partial charge in [-0.1, -0.05) is 33.8 Å². The predicted octanol–water partition coefficient (Wildman–Crippen LogP) is 7.22. The van der Waals surface area contributed by atoms with Gasteiger partial charge in [0, 0.05) is 41.1 Å². The zero-order valence-corrected chi connectivity index (χ0v) is 34.1. The fourth-order valence-corrected chi connectivity index (χ4v) is 9.13. The Balaban J connectivity index is 0.999. The highest BCUT2D eigenvalue weighted by atomic mass is 19.1. The minimum absolute atomic E-state index is 0.0400. The second-order valence-electron chi connectivity index (χ2n) is 17.2. The van der Waals surface area contributed by atoms with E-state index in [0.29, 0.717) is 47.1 Å². The number of methoxy groups -OCH3 is 1. The summed E-state index contributed by atoms with van der Waals surface area (Å²) < 4.78 is 30.5. The van der Waals surface area contributed by atoms with Crippen LogP contribution in [-0.2, 0) is 14.3 Å². The van der Waals surface area contributed by atoms with E-state index in [4.69, 9.17) is 25.2 Å². The molecular formula is C44H52FN9O5. The molecule has 4 aliphatic rings. The number of rotatable bonds is 10. The summed E-state index contributed by atoms with van der Waals surface area (Å²) in [6, 6.07) is 9.83. The van der Waals surface area contributed by atoms with Crippen molar-refractivity contribution < 1.29 is 28.2 Å². The van der Waals surface area contributed by atoms with Crippen LogP contribution >= 0.6 is 0 Å². The number of hydrogen-bond acceptors (Lipinski definition) is 8. The van der Waals surface area contributed by atoms with E-state index >= 15 is 4.39 Å². The standard InChI is InChI=1S/C44H52FN9O5/c1-22(2)36(46)41(55)52-16-6-8-32(52)29-20-48-40(50-29)26-12-14-27-34(19-26)59-43(24-10-11-24)54-31-15-13-25(18-28(31)35(45)38(27)54)39-47-21-30(49-39)33-9-7-17-53(33)42(56)37(23(3)4)51-44(57)58-5/h12-15,18-24,32-33,36-37,43H,6-11,16-17,46H2,1-5H3,(H,47,49)(H,48,50)(H,51,57). The van der Waals surface area contributed by atoms with Gasteiger partial charge < -0.3 is 44.9 Å². The van der Waals surface area contributed by atoms with Crippen LogP contribution in [0.25, 0.3) is 44.9 Å². The molecule has 3 fully saturated rings. The Kier molecular flexibility index (Phi) is 9.97. The Morgan fingerprint density at radius 3 is 2.07 bits per heavy atom. The number of aromatic nitrogens is 5. The number of halogens is 1. The quantitative estimate of drug-likeness (QED) is 0.114. The van der Waals surface area contributed by atoms with Gasteiger partial charge >= 0.3 is 6.09 Å². The number of ether oxygens (including phenoxy) is 2. The minimum Gasteiger partial charge on any atom is -0.469 e. The van der Waals surface area contributed by atoms with Crippen molar-refractivity contribution >= 4 is 28.8 Å². The largest absolute Gasteiger partial charge is 0.469 e. The molecular weight excluding hydrogens is 754 g/mol. The number of carbonyl (C=O) groups is 3. The summed E-state index contributed by atoms with van der Waals surface area (Å²) in [4.78, 5) is 58.9. The lowest BCUT2D eigenvalue weighted by atomic mass is 10.0. The zero-order chi connectivity index (χ0) is 41.3. The second-order valence-corrected chi connectivity index (χ2v) is 17.2. The first-order valence-corrected chi connectivity index (χ1v) is 20.9. The molecule has 5 aromatic rings. The molecule has 14 nitrogen and oxygen atoms in total. The number of likely N-dealkylation sites (tertiary alicyclic amines) is 2. The van der Waals surface area contributed by atoms with E-state index in [1.54, 1.807) is 17.3 Å². The molecule has 3 amide bonds. The van der Waals surface area contributed by atoms with Crippen molar-refractivity contribution in [3.63, 3.8) is 0 Å². The average Bonchev–Trinajstić information content (AvgIpc) is 3.78. The number of fused-ring (bicyclic) bond motifs is 5. The third-order valence-electron chi connectivity index (χ3n) is 12.6. The van der Waals surface area contributed by atoms with E-state index in [0.717, 1.165) is 66.6 Å². The molecule has 15 heteroatoms. The van der Waals surface area contributed by atoms with E-state index in [1.807, 2.05) is 73.6 Å². The summed E-state index contributed by atoms with van der Waals surface area (Å²) in [5, 5.41) is 3.17. The van der Waals surface area contributed by atoms with Gasteiger partial charge in [-0.3, -0.25) is 9.59 Å². The molecule has 0 bridgehead atoms. The summed E-state index contributed by atoms with van der Waals surface area (Å²) in [5.41, 5.74) is 11.3. The molecule has 5 unspecified atom stereocenters. The predicted molar refractivity (Wildman–Crippen MR) is 219 cm³/mol. The van der Waals surface area contributed by atoms with Crippen LogP contribution in [0.5, 0.6) is 5.75 Å². The van der Waals surface area contributed by atoms with Crippen molar-refractivity contribution in [3.05, 3.63) is 66.0 Å². The minimum atomic E-state index is -0.726. The monoisotopic (exact) mass is 805 g/mol. The third-order valence-corrected chi connectivity index (χ3v) is 12.6. The number of carbonyl (C=O) groups excluding carboxylic acids is 3. The SMILES string of the molecule is COC(=O)NC(C(=O)N1CCCC1c1cnc(-c2ccc3c(c2)c(F)c2n3C(C3CC3)Oc3cc(-c4ncc(C5CCCN5C(=O)C(N)C(C)C)[nH]4)ccc3-2)[nH]1)C(C)C. The number of imidazole rings is 2. The van der Waals surface area contributed by atoms with Gasteiger partial charge in [-0.05, 0) is 80.7 Å². The number of nitrogens with zero attached hydrogens (tertiary/aromatic N) is 5. The van der Waals surface area contributed by atoms with Crippen molar-refractivity contribution in [1.82, 2.24) is 39.6 Å². The fourth-order valence-electron chi connectivity index (χ4n) is 9.13. The summed E-state index contributed by atoms with van der Waals surface area (Å²) in [5.74, 6) is 1.44. The van der Waals surface area contributed by atoms with Crippen molar-refractivity contribution in [3.8, 4) is 39.8 Å². The molecule has 3 aliphatic heterocycles. The Labute approximate surface area is 342 Å². The first-order valence-electron chi connectivity index (χ1n) is 20.9. The number of nitrogens with two attached hydrogens (primary N) is 1. The molecule has 1 aliphatic carbocycles. The number of hydrogen-bond donors (Lipinski definition) is 4. The molecule has 2 aromatic carbocycles. The van der Waals surface area contributed by atoms with Gasteiger partial charge in [0.05, 0.1) is 60.2 Å². The lowest BCUT2D eigenvalue weighted by molar-refractivity contribution is -0.135. The van der Waals surface area contributed by atoms with Crippen molar-refractivity contribution in [2.24, 2.45) is 23.5 Å². The highest BCUT2D eigenvalue weighted by Crippen LogP contribution is 2.52. The van der Waals surface area contributed by atoms with Crippen LogP contribution in [0.2, 0.25) is 0 Å². The van der Waals surface area contributed by atoms with Crippen LogP contribution in [0.1, 0.15) is 95.9 Å². The number of aromatic amines is 2. The van der Waals surface area contributed by atoms with Crippen LogP contribution in [-0.4, -0.2) is 84.5 Å². The fraction of sp³-hybridized carbons (Fsp3) is 0.477. The highest BCUT2D eigenvalue weighted by molar-refractivity contribution is 5.93. The Bertz CT molecular complexity index is 2430. The number of nitrogens with one attached hydrogen (secondary N) is 3. The molecule has 5 atom stereocenters. The highest BCUT2D eigenvalue weighted by Gasteiger charge is 2.42. The van der Waals surface area contributed by atoms with Gasteiger partial charge in [0.15, 0.2) is 12.0 Å². The topological polar surface area (TPSA) is 176 Å². The van der Waals surface area contributed by atoms with Crippen LogP contribution < -0.4 is 15.8 Å². The summed E-state index contributed by atoms with van der Waals surface area (Å²) >= 11 is 0. The van der Waals surface area contributed by atoms with E-state index < -0.39 is 18.2 Å². The number of benzene rings is 2. The molecule has 6 heterocycles. The first-order chi connectivity index (χ1) is 28.4. The van der Waals surface area contributed by atoms with E-state index in [2.05, 4.69) is 15.3 Å². The second kappa shape index (κ2) is 15.2. The van der Waals surface area contributed by atoms with Gasteiger partial charge in [0.2, 0.25) is 11.8 Å². The van der Waals surface area contributed by atoms with Crippen LogP contribution in [0.15, 0.2) is 48.8 Å². The molecule has 59 heavy (non-hydrogen) atoms. The van der Waals surface area contributed by atoms with Gasteiger partial charge in [-0.15, -0.1) is 0 Å². The smallest absolute Gasteiger partial charge is 0.407 e. The maximum absolute atomic E-state index is 16.9. The zero-order valence-electron chi connectivity index (χ0n) is 34.1. The third kappa shape index (κ3) is 6.82. The van der Waals surface area contributed by atoms with Crippen LogP contribution in [0.4, 0.5) is 9.18 Å². The molecule has 310 valence electrons. The molecule has 5 N–H and O–H groups in total. The molecule has 1 saturated carbocycles. The van der Waals surface area contributed by atoms with Crippen LogP contribution in [0.3, 0.4) is 0 Å². The lowest BCUT2D eigenvalue weighted by Gasteiger charge is -2.30. The number of alkyl carbamates (subject to hydrolysis) is 1. The first kappa shape index (κ1) is 38.8. The van der Waals surface area contributed by atoms with Gasteiger partial charge in [-0.25, -0.2) is 19.2 Å². The number of H-pyrrole nitrogens is 2. The maximum Gasteiger partial charge on any atom is 0.407 e. The molecule has 0 radical (unpaired) electrons. The maximum atomic E-state index is 16.9. The van der Waals surface area contributed by atoms with Gasteiger partial charge in [0.25, 0.3) is 0 Å². The summed E-state index contributed by atoms with van der Waals surface area (Å²) in [7, 11) is 1.28. The summed E-state index contributed by atoms with van der Waals surface area (Å²) in [6.07, 6.45) is 7.79. The molecule has 9 rings (SSSR count). The van der Waals surface area contributed by atoms with Crippen molar-refractivity contribution in [1.29, 1.82) is 0 Å². The molecule has 2 saturated heterocycles. The normalized spacial score (nSPS) is 21.1. The van der Waals surface area contributed by atoms with E-state index in [1.165, 1.54) is 7.11 Å². The van der Waals surface area contributed by atoms with E-state index in [-0.39, 0.29) is 53.7 Å². The Morgan fingerprint density at radius 1 is 0.864 bits per heavy atom.